The van der Waals surface area contributed by atoms with Crippen molar-refractivity contribution in [3.05, 3.63) is 16.6 Å². The van der Waals surface area contributed by atoms with Gasteiger partial charge in [-0.05, 0) is 13.5 Å². The number of rotatable bonds is 3. The van der Waals surface area contributed by atoms with Gasteiger partial charge in [-0.25, -0.2) is 0 Å². The van der Waals surface area contributed by atoms with Crippen LogP contribution in [-0.4, -0.2) is 36.1 Å². The minimum atomic E-state index is 0.688. The van der Waals surface area contributed by atoms with E-state index in [1.165, 1.54) is 24.4 Å². The smallest absolute Gasteiger partial charge is 0.0794 e. The van der Waals surface area contributed by atoms with Crippen LogP contribution in [0.5, 0.6) is 0 Å². The average molecular weight is 197 g/mol. The van der Waals surface area contributed by atoms with Crippen molar-refractivity contribution >= 4 is 11.3 Å². The zero-order chi connectivity index (χ0) is 9.10. The Morgan fingerprint density at radius 3 is 3.31 bits per heavy atom. The van der Waals surface area contributed by atoms with Crippen LogP contribution >= 0.6 is 11.3 Å². The van der Waals surface area contributed by atoms with Crippen LogP contribution in [0.3, 0.4) is 0 Å². The molecule has 3 nitrogen and oxygen atoms in total. The molecule has 0 aromatic carbocycles. The molecule has 1 fully saturated rings. The predicted octanol–water partition coefficient (Wildman–Crippen LogP) is 0.937. The van der Waals surface area contributed by atoms with Crippen molar-refractivity contribution in [3.63, 3.8) is 0 Å². The van der Waals surface area contributed by atoms with E-state index in [2.05, 4.69) is 15.2 Å². The SMILES string of the molecule is CNC1CCN(Cc2cncs2)C1. The van der Waals surface area contributed by atoms with Crippen molar-refractivity contribution in [2.24, 2.45) is 0 Å². The monoisotopic (exact) mass is 197 g/mol. The van der Waals surface area contributed by atoms with Crippen LogP contribution in [0.15, 0.2) is 11.7 Å². The highest BCUT2D eigenvalue weighted by Gasteiger charge is 2.20. The lowest BCUT2D eigenvalue weighted by atomic mass is 10.3. The molecule has 1 aliphatic rings. The van der Waals surface area contributed by atoms with Crippen molar-refractivity contribution in [2.45, 2.75) is 19.0 Å². The molecule has 2 heterocycles. The van der Waals surface area contributed by atoms with Crippen molar-refractivity contribution in [1.82, 2.24) is 15.2 Å². The van der Waals surface area contributed by atoms with Gasteiger partial charge in [-0.1, -0.05) is 0 Å². The van der Waals surface area contributed by atoms with Crippen LogP contribution in [0.2, 0.25) is 0 Å². The summed E-state index contributed by atoms with van der Waals surface area (Å²) >= 11 is 1.75. The fourth-order valence-electron chi connectivity index (χ4n) is 1.75. The van der Waals surface area contributed by atoms with E-state index in [1.807, 2.05) is 18.8 Å². The number of thiazole rings is 1. The molecule has 72 valence electrons. The number of aromatic nitrogens is 1. The maximum absolute atomic E-state index is 4.08. The van der Waals surface area contributed by atoms with E-state index in [-0.39, 0.29) is 0 Å². The summed E-state index contributed by atoms with van der Waals surface area (Å²) in [5.41, 5.74) is 1.90. The molecule has 1 aromatic rings. The number of hydrogen-bond acceptors (Lipinski definition) is 4. The van der Waals surface area contributed by atoms with Crippen molar-refractivity contribution in [1.29, 1.82) is 0 Å². The quantitative estimate of drug-likeness (QED) is 0.781. The summed E-state index contributed by atoms with van der Waals surface area (Å²) < 4.78 is 0. The van der Waals surface area contributed by atoms with Gasteiger partial charge < -0.3 is 5.32 Å². The summed E-state index contributed by atoms with van der Waals surface area (Å²) in [4.78, 5) is 7.93. The molecule has 1 atom stereocenters. The van der Waals surface area contributed by atoms with Gasteiger partial charge in [0.1, 0.15) is 0 Å². The van der Waals surface area contributed by atoms with Crippen LogP contribution in [0.25, 0.3) is 0 Å². The lowest BCUT2D eigenvalue weighted by Crippen LogP contribution is -2.29. The Balaban J connectivity index is 1.84. The first-order chi connectivity index (χ1) is 6.38. The maximum atomic E-state index is 4.08. The molecule has 0 aliphatic carbocycles. The van der Waals surface area contributed by atoms with Gasteiger partial charge in [0.2, 0.25) is 0 Å². The van der Waals surface area contributed by atoms with E-state index in [9.17, 15) is 0 Å². The summed E-state index contributed by atoms with van der Waals surface area (Å²) in [6.07, 6.45) is 3.24. The summed E-state index contributed by atoms with van der Waals surface area (Å²) in [5, 5.41) is 3.32. The molecule has 0 radical (unpaired) electrons. The Morgan fingerprint density at radius 2 is 2.69 bits per heavy atom. The largest absolute Gasteiger partial charge is 0.316 e. The van der Waals surface area contributed by atoms with Crippen LogP contribution in [0.1, 0.15) is 11.3 Å². The zero-order valence-corrected chi connectivity index (χ0v) is 8.68. The Labute approximate surface area is 82.8 Å². The maximum Gasteiger partial charge on any atom is 0.0794 e. The lowest BCUT2D eigenvalue weighted by molar-refractivity contribution is 0.325. The third-order valence-corrected chi connectivity index (χ3v) is 3.31. The summed E-state index contributed by atoms with van der Waals surface area (Å²) in [6.45, 7) is 3.46. The van der Waals surface area contributed by atoms with Crippen LogP contribution in [0, 0.1) is 0 Å². The van der Waals surface area contributed by atoms with E-state index >= 15 is 0 Å². The standard InChI is InChI=1S/C9H15N3S/c1-10-8-2-3-12(5-8)6-9-4-11-7-13-9/h4,7-8,10H,2-3,5-6H2,1H3. The Morgan fingerprint density at radius 1 is 1.77 bits per heavy atom. The van der Waals surface area contributed by atoms with Gasteiger partial charge >= 0.3 is 0 Å². The molecular formula is C9H15N3S. The Kier molecular flexibility index (Phi) is 2.93. The first kappa shape index (κ1) is 9.12. The highest BCUT2D eigenvalue weighted by molar-refractivity contribution is 7.09. The average Bonchev–Trinajstić information content (AvgIpc) is 2.76. The molecule has 1 N–H and O–H groups in total. The second-order valence-electron chi connectivity index (χ2n) is 3.48. The highest BCUT2D eigenvalue weighted by atomic mass is 32.1. The minimum absolute atomic E-state index is 0.688. The molecular weight excluding hydrogens is 182 g/mol. The van der Waals surface area contributed by atoms with Gasteiger partial charge in [-0.2, -0.15) is 0 Å². The van der Waals surface area contributed by atoms with Gasteiger partial charge in [0.05, 0.1) is 5.51 Å². The third-order valence-electron chi connectivity index (χ3n) is 2.54. The van der Waals surface area contributed by atoms with Gasteiger partial charge in [-0.3, -0.25) is 9.88 Å². The van der Waals surface area contributed by atoms with E-state index in [0.29, 0.717) is 6.04 Å². The zero-order valence-electron chi connectivity index (χ0n) is 7.86. The normalized spacial score (nSPS) is 23.9. The van der Waals surface area contributed by atoms with Crippen LogP contribution < -0.4 is 5.32 Å². The predicted molar refractivity (Wildman–Crippen MR) is 54.9 cm³/mol. The molecule has 13 heavy (non-hydrogen) atoms. The molecule has 4 heteroatoms. The first-order valence-electron chi connectivity index (χ1n) is 4.65. The molecule has 1 aromatic heterocycles. The number of hydrogen-bond donors (Lipinski definition) is 1. The molecule has 0 amide bonds. The number of nitrogens with zero attached hydrogens (tertiary/aromatic N) is 2. The fourth-order valence-corrected chi connectivity index (χ4v) is 2.39. The lowest BCUT2D eigenvalue weighted by Gasteiger charge is -2.13. The van der Waals surface area contributed by atoms with Gasteiger partial charge in [0.15, 0.2) is 0 Å². The molecule has 1 unspecified atom stereocenters. The number of likely N-dealkylation sites (N-methyl/N-ethyl adjacent to an activating group) is 1. The van der Waals surface area contributed by atoms with Crippen molar-refractivity contribution in [2.75, 3.05) is 20.1 Å². The summed E-state index contributed by atoms with van der Waals surface area (Å²) in [6, 6.07) is 0.688. The van der Waals surface area contributed by atoms with E-state index in [4.69, 9.17) is 0 Å². The molecule has 0 saturated carbocycles. The minimum Gasteiger partial charge on any atom is -0.316 e. The Bertz CT molecular complexity index is 247. The van der Waals surface area contributed by atoms with E-state index < -0.39 is 0 Å². The fraction of sp³-hybridized carbons (Fsp3) is 0.667. The van der Waals surface area contributed by atoms with Crippen LogP contribution in [-0.2, 0) is 6.54 Å². The Hall–Kier alpha value is -0.450. The second-order valence-corrected chi connectivity index (χ2v) is 4.45. The van der Waals surface area contributed by atoms with Crippen LogP contribution in [0.4, 0.5) is 0 Å². The second kappa shape index (κ2) is 4.17. The number of likely N-dealkylation sites (tertiary alicyclic amines) is 1. The van der Waals surface area contributed by atoms with Gasteiger partial charge in [0.25, 0.3) is 0 Å². The van der Waals surface area contributed by atoms with Crippen molar-refractivity contribution < 1.29 is 0 Å². The number of nitrogens with one attached hydrogen (secondary N) is 1. The van der Waals surface area contributed by atoms with Gasteiger partial charge in [-0.15, -0.1) is 11.3 Å². The molecule has 2 rings (SSSR count). The summed E-state index contributed by atoms with van der Waals surface area (Å²) in [7, 11) is 2.04. The third kappa shape index (κ3) is 2.27. The van der Waals surface area contributed by atoms with Crippen molar-refractivity contribution in [3.8, 4) is 0 Å². The molecule has 0 bridgehead atoms. The highest BCUT2D eigenvalue weighted by Crippen LogP contribution is 2.15. The topological polar surface area (TPSA) is 28.2 Å². The van der Waals surface area contributed by atoms with E-state index in [1.54, 1.807) is 11.3 Å². The molecule has 1 saturated heterocycles. The summed E-state index contributed by atoms with van der Waals surface area (Å²) in [5.74, 6) is 0. The van der Waals surface area contributed by atoms with Gasteiger partial charge in [0, 0.05) is 36.8 Å². The van der Waals surface area contributed by atoms with E-state index in [0.717, 1.165) is 6.54 Å². The molecule has 0 spiro atoms. The first-order valence-corrected chi connectivity index (χ1v) is 5.53. The molecule has 1 aliphatic heterocycles.